The van der Waals surface area contributed by atoms with Crippen molar-refractivity contribution in [3.05, 3.63) is 33.9 Å². The molecule has 0 heterocycles. The number of amides is 1. The van der Waals surface area contributed by atoms with Gasteiger partial charge in [0.1, 0.15) is 12.4 Å². The zero-order valence-electron chi connectivity index (χ0n) is 8.38. The van der Waals surface area contributed by atoms with Crippen molar-refractivity contribution in [2.75, 3.05) is 13.2 Å². The van der Waals surface area contributed by atoms with E-state index in [1.165, 1.54) is 12.1 Å². The van der Waals surface area contributed by atoms with Gasteiger partial charge in [-0.1, -0.05) is 0 Å². The average Bonchev–Trinajstić information content (AvgIpc) is 2.25. The molecule has 0 saturated carbocycles. The number of nitro groups is 1. The lowest BCUT2D eigenvalue weighted by Gasteiger charge is -2.07. The minimum atomic E-state index is -0.782. The van der Waals surface area contributed by atoms with Crippen molar-refractivity contribution in [1.29, 1.82) is 0 Å². The number of nitrogens with two attached hydrogens (primary N) is 2. The zero-order valence-corrected chi connectivity index (χ0v) is 8.38. The second-order valence-electron chi connectivity index (χ2n) is 2.94. The summed E-state index contributed by atoms with van der Waals surface area (Å²) in [7, 11) is 0. The predicted octanol–water partition coefficient (Wildman–Crippen LogP) is 0.0312. The highest BCUT2D eigenvalue weighted by Crippen LogP contribution is 2.23. The van der Waals surface area contributed by atoms with Gasteiger partial charge < -0.3 is 16.2 Å². The van der Waals surface area contributed by atoms with Gasteiger partial charge in [-0.05, 0) is 6.07 Å². The fourth-order valence-electron chi connectivity index (χ4n) is 1.12. The topological polar surface area (TPSA) is 121 Å². The normalized spacial score (nSPS) is 9.81. The molecule has 0 saturated heterocycles. The molecule has 0 aliphatic heterocycles. The smallest absolute Gasteiger partial charge is 0.270 e. The van der Waals surface area contributed by atoms with E-state index in [2.05, 4.69) is 0 Å². The maximum Gasteiger partial charge on any atom is 0.270 e. The molecule has 86 valence electrons. The average molecular weight is 225 g/mol. The van der Waals surface area contributed by atoms with Crippen molar-refractivity contribution < 1.29 is 14.5 Å². The number of carbonyl (C=O) groups is 1. The van der Waals surface area contributed by atoms with Gasteiger partial charge in [-0.2, -0.15) is 0 Å². The van der Waals surface area contributed by atoms with Crippen LogP contribution >= 0.6 is 0 Å². The number of ether oxygens (including phenoxy) is 1. The molecule has 4 N–H and O–H groups in total. The van der Waals surface area contributed by atoms with E-state index in [4.69, 9.17) is 16.2 Å². The molecule has 7 nitrogen and oxygen atoms in total. The first-order chi connectivity index (χ1) is 7.56. The van der Waals surface area contributed by atoms with Crippen molar-refractivity contribution in [2.24, 2.45) is 11.5 Å². The van der Waals surface area contributed by atoms with E-state index >= 15 is 0 Å². The number of benzene rings is 1. The van der Waals surface area contributed by atoms with Crippen molar-refractivity contribution in [1.82, 2.24) is 0 Å². The fraction of sp³-hybridized carbons (Fsp3) is 0.222. The molecule has 0 fully saturated rings. The molecule has 0 unspecified atom stereocenters. The van der Waals surface area contributed by atoms with Crippen LogP contribution in [0.3, 0.4) is 0 Å². The van der Waals surface area contributed by atoms with Gasteiger partial charge in [-0.3, -0.25) is 14.9 Å². The van der Waals surface area contributed by atoms with Gasteiger partial charge in [-0.15, -0.1) is 0 Å². The Bertz CT molecular complexity index is 419. The monoisotopic (exact) mass is 225 g/mol. The summed E-state index contributed by atoms with van der Waals surface area (Å²) in [6, 6.07) is 3.64. The summed E-state index contributed by atoms with van der Waals surface area (Å²) in [4.78, 5) is 20.9. The minimum absolute atomic E-state index is 0.0253. The number of nitrogens with zero attached hydrogens (tertiary/aromatic N) is 1. The number of primary amides is 1. The SMILES string of the molecule is NCCOc1ccc([N+](=O)[O-])cc1C(N)=O. The minimum Gasteiger partial charge on any atom is -0.491 e. The van der Waals surface area contributed by atoms with Crippen LogP contribution in [0.2, 0.25) is 0 Å². The third-order valence-corrected chi connectivity index (χ3v) is 1.81. The molecule has 1 rings (SSSR count). The molecule has 16 heavy (non-hydrogen) atoms. The summed E-state index contributed by atoms with van der Waals surface area (Å²) in [6.45, 7) is 0.479. The number of hydrogen-bond acceptors (Lipinski definition) is 5. The summed E-state index contributed by atoms with van der Waals surface area (Å²) in [5.74, 6) is -0.584. The van der Waals surface area contributed by atoms with E-state index in [9.17, 15) is 14.9 Å². The van der Waals surface area contributed by atoms with E-state index in [1.54, 1.807) is 0 Å². The molecule has 1 aromatic rings. The number of carbonyl (C=O) groups excluding carboxylic acids is 1. The van der Waals surface area contributed by atoms with Gasteiger partial charge in [0.25, 0.3) is 11.6 Å². The Morgan fingerprint density at radius 2 is 2.19 bits per heavy atom. The molecule has 0 atom stereocenters. The van der Waals surface area contributed by atoms with Gasteiger partial charge in [0.05, 0.1) is 10.5 Å². The van der Waals surface area contributed by atoms with Crippen LogP contribution < -0.4 is 16.2 Å². The van der Waals surface area contributed by atoms with E-state index in [-0.39, 0.29) is 30.2 Å². The van der Waals surface area contributed by atoms with Crippen LogP contribution in [0, 0.1) is 10.1 Å². The highest BCUT2D eigenvalue weighted by atomic mass is 16.6. The van der Waals surface area contributed by atoms with Crippen molar-refractivity contribution in [2.45, 2.75) is 0 Å². The van der Waals surface area contributed by atoms with Crippen LogP contribution in [-0.2, 0) is 0 Å². The van der Waals surface area contributed by atoms with Crippen LogP contribution in [0.25, 0.3) is 0 Å². The third kappa shape index (κ3) is 2.67. The third-order valence-electron chi connectivity index (χ3n) is 1.81. The van der Waals surface area contributed by atoms with Crippen molar-refractivity contribution in [3.8, 4) is 5.75 Å². The molecular weight excluding hydrogens is 214 g/mol. The van der Waals surface area contributed by atoms with E-state index in [1.807, 2.05) is 0 Å². The Labute approximate surface area is 91.1 Å². The lowest BCUT2D eigenvalue weighted by atomic mass is 10.1. The highest BCUT2D eigenvalue weighted by molar-refractivity contribution is 5.96. The number of nitro benzene ring substituents is 1. The van der Waals surface area contributed by atoms with Crippen LogP contribution in [-0.4, -0.2) is 24.0 Å². The maximum atomic E-state index is 11.0. The van der Waals surface area contributed by atoms with Crippen molar-refractivity contribution >= 4 is 11.6 Å². The summed E-state index contributed by atoms with van der Waals surface area (Å²) in [6.07, 6.45) is 0. The number of hydrogen-bond donors (Lipinski definition) is 2. The summed E-state index contributed by atoms with van der Waals surface area (Å²) >= 11 is 0. The first-order valence-electron chi connectivity index (χ1n) is 4.47. The molecule has 1 amide bonds. The summed E-state index contributed by atoms with van der Waals surface area (Å²) < 4.78 is 5.13. The molecule has 0 aliphatic carbocycles. The second kappa shape index (κ2) is 5.08. The molecule has 0 aromatic heterocycles. The molecule has 0 spiro atoms. The molecular formula is C9H11N3O4. The molecule has 7 heteroatoms. The molecule has 0 radical (unpaired) electrons. The van der Waals surface area contributed by atoms with E-state index in [0.29, 0.717) is 0 Å². The van der Waals surface area contributed by atoms with E-state index < -0.39 is 10.8 Å². The van der Waals surface area contributed by atoms with Crippen LogP contribution in [0.15, 0.2) is 18.2 Å². The Morgan fingerprint density at radius 1 is 1.50 bits per heavy atom. The van der Waals surface area contributed by atoms with Gasteiger partial charge in [0.15, 0.2) is 0 Å². The van der Waals surface area contributed by atoms with Gasteiger partial charge >= 0.3 is 0 Å². The Kier molecular flexibility index (Phi) is 3.78. The predicted molar refractivity (Wildman–Crippen MR) is 56.2 cm³/mol. The van der Waals surface area contributed by atoms with E-state index in [0.717, 1.165) is 6.07 Å². The number of rotatable bonds is 5. The second-order valence-corrected chi connectivity index (χ2v) is 2.94. The molecule has 1 aromatic carbocycles. The largest absolute Gasteiger partial charge is 0.491 e. The number of non-ortho nitro benzene ring substituents is 1. The quantitative estimate of drug-likeness (QED) is 0.540. The Balaban J connectivity index is 3.09. The van der Waals surface area contributed by atoms with Crippen LogP contribution in [0.1, 0.15) is 10.4 Å². The zero-order chi connectivity index (χ0) is 12.1. The fourth-order valence-corrected chi connectivity index (χ4v) is 1.12. The van der Waals surface area contributed by atoms with Crippen LogP contribution in [0.5, 0.6) is 5.75 Å². The molecule has 0 bridgehead atoms. The lowest BCUT2D eigenvalue weighted by Crippen LogP contribution is -2.16. The molecule has 0 aliphatic rings. The van der Waals surface area contributed by atoms with Gasteiger partial charge in [0, 0.05) is 18.7 Å². The van der Waals surface area contributed by atoms with Gasteiger partial charge in [0.2, 0.25) is 0 Å². The first-order valence-corrected chi connectivity index (χ1v) is 4.47. The first kappa shape index (κ1) is 11.9. The standard InChI is InChI=1S/C9H11N3O4/c10-3-4-16-8-2-1-6(12(14)15)5-7(8)9(11)13/h1-2,5H,3-4,10H2,(H2,11,13). The Morgan fingerprint density at radius 3 is 2.69 bits per heavy atom. The highest BCUT2D eigenvalue weighted by Gasteiger charge is 2.15. The lowest BCUT2D eigenvalue weighted by molar-refractivity contribution is -0.384. The Hall–Kier alpha value is -2.15. The van der Waals surface area contributed by atoms with Crippen LogP contribution in [0.4, 0.5) is 5.69 Å². The summed E-state index contributed by atoms with van der Waals surface area (Å²) in [5.41, 5.74) is 10.1. The maximum absolute atomic E-state index is 11.0. The van der Waals surface area contributed by atoms with Crippen molar-refractivity contribution in [3.63, 3.8) is 0 Å². The summed E-state index contributed by atoms with van der Waals surface area (Å²) in [5, 5.41) is 10.5. The van der Waals surface area contributed by atoms with Gasteiger partial charge in [-0.25, -0.2) is 0 Å².